The molecule has 2 saturated heterocycles. The Hall–Kier alpha value is -1.93. The summed E-state index contributed by atoms with van der Waals surface area (Å²) in [7, 11) is -3.50. The predicted octanol–water partition coefficient (Wildman–Crippen LogP) is 2.77. The second kappa shape index (κ2) is 10.3. The molecule has 1 N–H and O–H groups in total. The molecule has 1 saturated carbocycles. The van der Waals surface area contributed by atoms with Crippen LogP contribution in [0.2, 0.25) is 0 Å². The number of sulfonamides is 1. The van der Waals surface area contributed by atoms with Crippen molar-refractivity contribution in [3.05, 3.63) is 30.3 Å². The van der Waals surface area contributed by atoms with Gasteiger partial charge in [0, 0.05) is 44.1 Å². The van der Waals surface area contributed by atoms with Crippen LogP contribution in [0, 0.1) is 11.8 Å². The van der Waals surface area contributed by atoms with Gasteiger partial charge in [-0.2, -0.15) is 4.31 Å². The Bertz CT molecular complexity index is 883. The Morgan fingerprint density at radius 3 is 2.03 bits per heavy atom. The van der Waals surface area contributed by atoms with Crippen LogP contribution in [0.25, 0.3) is 0 Å². The first-order chi connectivity index (χ1) is 15.4. The van der Waals surface area contributed by atoms with Crippen molar-refractivity contribution >= 4 is 21.8 Å². The standard InChI is InChI=1S/C24H35N3O4S/c28-23(19-7-3-1-4-8-19)25-21-13-15-26(16-14-21)24(29)20-11-17-27(18-12-20)32(30,31)22-9-5-2-6-10-22/h2,5-6,9-10,19-21H,1,3-4,7-8,11-18H2,(H,25,28). The third-order valence-corrected chi connectivity index (χ3v) is 9.23. The Morgan fingerprint density at radius 2 is 1.41 bits per heavy atom. The van der Waals surface area contributed by atoms with Crippen LogP contribution in [0.4, 0.5) is 0 Å². The maximum Gasteiger partial charge on any atom is 0.243 e. The van der Waals surface area contributed by atoms with Gasteiger partial charge in [0.05, 0.1) is 4.90 Å². The van der Waals surface area contributed by atoms with Gasteiger partial charge in [0.25, 0.3) is 0 Å². The molecule has 0 radical (unpaired) electrons. The van der Waals surface area contributed by atoms with E-state index < -0.39 is 10.0 Å². The highest BCUT2D eigenvalue weighted by Gasteiger charge is 2.35. The SMILES string of the molecule is O=C(NC1CCN(C(=O)C2CCN(S(=O)(=O)c3ccccc3)CC2)CC1)C1CCCCC1. The third kappa shape index (κ3) is 5.34. The molecule has 1 aromatic carbocycles. The van der Waals surface area contributed by atoms with Gasteiger partial charge in [-0.15, -0.1) is 0 Å². The summed E-state index contributed by atoms with van der Waals surface area (Å²) in [5.41, 5.74) is 0. The van der Waals surface area contributed by atoms with Gasteiger partial charge in [0.15, 0.2) is 0 Å². The van der Waals surface area contributed by atoms with E-state index in [-0.39, 0.29) is 29.7 Å². The molecule has 1 aromatic rings. The number of amides is 2. The number of carbonyl (C=O) groups excluding carboxylic acids is 2. The summed E-state index contributed by atoms with van der Waals surface area (Å²) in [5.74, 6) is 0.381. The minimum Gasteiger partial charge on any atom is -0.353 e. The first-order valence-electron chi connectivity index (χ1n) is 12.1. The molecule has 2 heterocycles. The number of carbonyl (C=O) groups is 2. The smallest absolute Gasteiger partial charge is 0.243 e. The molecular weight excluding hydrogens is 426 g/mol. The van der Waals surface area contributed by atoms with Gasteiger partial charge in [-0.05, 0) is 50.7 Å². The average Bonchev–Trinajstić information content (AvgIpc) is 2.85. The lowest BCUT2D eigenvalue weighted by molar-refractivity contribution is -0.138. The van der Waals surface area contributed by atoms with Crippen molar-refractivity contribution < 1.29 is 18.0 Å². The number of piperidine rings is 2. The average molecular weight is 462 g/mol. The molecule has 7 nitrogen and oxygen atoms in total. The minimum atomic E-state index is -3.50. The number of hydrogen-bond acceptors (Lipinski definition) is 4. The molecule has 4 rings (SSSR count). The van der Waals surface area contributed by atoms with Gasteiger partial charge in [-0.1, -0.05) is 37.5 Å². The van der Waals surface area contributed by atoms with Gasteiger partial charge in [-0.3, -0.25) is 9.59 Å². The summed E-state index contributed by atoms with van der Waals surface area (Å²) in [6, 6.07) is 8.64. The monoisotopic (exact) mass is 461 g/mol. The molecule has 0 atom stereocenters. The van der Waals surface area contributed by atoms with Crippen LogP contribution in [0.5, 0.6) is 0 Å². The molecule has 3 fully saturated rings. The van der Waals surface area contributed by atoms with Crippen molar-refractivity contribution in [3.63, 3.8) is 0 Å². The van der Waals surface area contributed by atoms with Crippen LogP contribution < -0.4 is 5.32 Å². The lowest BCUT2D eigenvalue weighted by Gasteiger charge is -2.37. The quantitative estimate of drug-likeness (QED) is 0.731. The van der Waals surface area contributed by atoms with E-state index in [2.05, 4.69) is 5.32 Å². The van der Waals surface area contributed by atoms with Gasteiger partial charge in [-0.25, -0.2) is 8.42 Å². The van der Waals surface area contributed by atoms with Gasteiger partial charge in [0.1, 0.15) is 0 Å². The van der Waals surface area contributed by atoms with Crippen molar-refractivity contribution in [2.45, 2.75) is 68.7 Å². The van der Waals surface area contributed by atoms with Crippen molar-refractivity contribution in [2.24, 2.45) is 11.8 Å². The Kier molecular flexibility index (Phi) is 7.51. The largest absolute Gasteiger partial charge is 0.353 e. The molecule has 0 aromatic heterocycles. The van der Waals surface area contributed by atoms with Gasteiger partial charge >= 0.3 is 0 Å². The number of rotatable bonds is 5. The fourth-order valence-corrected chi connectivity index (χ4v) is 6.76. The number of benzene rings is 1. The summed E-state index contributed by atoms with van der Waals surface area (Å²) in [6.45, 7) is 2.08. The van der Waals surface area contributed by atoms with E-state index in [9.17, 15) is 18.0 Å². The molecule has 0 spiro atoms. The zero-order chi connectivity index (χ0) is 22.6. The van der Waals surface area contributed by atoms with E-state index >= 15 is 0 Å². The zero-order valence-electron chi connectivity index (χ0n) is 18.7. The van der Waals surface area contributed by atoms with E-state index in [1.165, 1.54) is 10.7 Å². The van der Waals surface area contributed by atoms with E-state index in [4.69, 9.17) is 0 Å². The molecule has 32 heavy (non-hydrogen) atoms. The minimum absolute atomic E-state index is 0.120. The third-order valence-electron chi connectivity index (χ3n) is 7.31. The molecule has 1 aliphatic carbocycles. The van der Waals surface area contributed by atoms with Gasteiger partial charge in [0.2, 0.25) is 21.8 Å². The van der Waals surface area contributed by atoms with Crippen LogP contribution in [0.1, 0.15) is 57.8 Å². The summed E-state index contributed by atoms with van der Waals surface area (Å²) in [5, 5.41) is 3.22. The topological polar surface area (TPSA) is 86.8 Å². The lowest BCUT2D eigenvalue weighted by Crippen LogP contribution is -2.50. The van der Waals surface area contributed by atoms with Crippen LogP contribution in [-0.2, 0) is 19.6 Å². The number of nitrogens with zero attached hydrogens (tertiary/aromatic N) is 2. The van der Waals surface area contributed by atoms with Gasteiger partial charge < -0.3 is 10.2 Å². The van der Waals surface area contributed by atoms with Crippen molar-refractivity contribution in [3.8, 4) is 0 Å². The van der Waals surface area contributed by atoms with E-state index in [1.54, 1.807) is 30.3 Å². The molecule has 176 valence electrons. The molecule has 0 unspecified atom stereocenters. The highest BCUT2D eigenvalue weighted by Crippen LogP contribution is 2.27. The second-order valence-electron chi connectivity index (χ2n) is 9.43. The number of likely N-dealkylation sites (tertiary alicyclic amines) is 1. The van der Waals surface area contributed by atoms with E-state index in [0.29, 0.717) is 43.9 Å². The molecule has 8 heteroatoms. The van der Waals surface area contributed by atoms with Crippen LogP contribution in [0.3, 0.4) is 0 Å². The number of hydrogen-bond donors (Lipinski definition) is 1. The van der Waals surface area contributed by atoms with Crippen molar-refractivity contribution in [2.75, 3.05) is 26.2 Å². The Morgan fingerprint density at radius 1 is 0.781 bits per heavy atom. The Balaban J connectivity index is 1.23. The Labute approximate surface area is 191 Å². The number of nitrogens with one attached hydrogen (secondary N) is 1. The lowest BCUT2D eigenvalue weighted by atomic mass is 9.88. The van der Waals surface area contributed by atoms with Crippen LogP contribution in [0.15, 0.2) is 35.2 Å². The summed E-state index contributed by atoms with van der Waals surface area (Å²) >= 11 is 0. The molecule has 3 aliphatic rings. The van der Waals surface area contributed by atoms with Crippen LogP contribution >= 0.6 is 0 Å². The fraction of sp³-hybridized carbons (Fsp3) is 0.667. The maximum atomic E-state index is 13.0. The predicted molar refractivity (Wildman–Crippen MR) is 122 cm³/mol. The van der Waals surface area contributed by atoms with Crippen molar-refractivity contribution in [1.82, 2.24) is 14.5 Å². The summed E-state index contributed by atoms with van der Waals surface area (Å²) < 4.78 is 27.1. The van der Waals surface area contributed by atoms with Crippen LogP contribution in [-0.4, -0.2) is 61.7 Å². The highest BCUT2D eigenvalue weighted by molar-refractivity contribution is 7.89. The second-order valence-corrected chi connectivity index (χ2v) is 11.4. The maximum absolute atomic E-state index is 13.0. The zero-order valence-corrected chi connectivity index (χ0v) is 19.6. The summed E-state index contributed by atoms with van der Waals surface area (Å²) in [4.78, 5) is 27.7. The fourth-order valence-electron chi connectivity index (χ4n) is 5.27. The summed E-state index contributed by atoms with van der Waals surface area (Å²) in [6.07, 6.45) is 8.25. The molecule has 2 amide bonds. The first kappa shape index (κ1) is 23.2. The molecule has 0 bridgehead atoms. The highest BCUT2D eigenvalue weighted by atomic mass is 32.2. The molecule has 2 aliphatic heterocycles. The van der Waals surface area contributed by atoms with E-state index in [0.717, 1.165) is 38.5 Å². The van der Waals surface area contributed by atoms with Crippen molar-refractivity contribution in [1.29, 1.82) is 0 Å². The normalized spacial score (nSPS) is 22.6. The first-order valence-corrected chi connectivity index (χ1v) is 13.5. The molecular formula is C24H35N3O4S. The van der Waals surface area contributed by atoms with E-state index in [1.807, 2.05) is 4.90 Å².